The molecule has 1 rings (SSSR count). The van der Waals surface area contributed by atoms with E-state index in [1.807, 2.05) is 0 Å². The number of amides is 1. The molecule has 2 unspecified atom stereocenters. The van der Waals surface area contributed by atoms with Crippen molar-refractivity contribution in [2.45, 2.75) is 38.7 Å². The molecule has 1 amide bonds. The summed E-state index contributed by atoms with van der Waals surface area (Å²) in [5.74, 6) is -1.53. The van der Waals surface area contributed by atoms with Crippen LogP contribution in [0.15, 0.2) is 0 Å². The van der Waals surface area contributed by atoms with Gasteiger partial charge in [-0.15, -0.1) is 0 Å². The molecule has 92 valence electrons. The molecule has 1 aliphatic rings. The molecule has 5 heteroatoms. The maximum atomic E-state index is 11.5. The minimum atomic E-state index is -1.35. The Morgan fingerprint density at radius 2 is 2.25 bits per heavy atom. The Bertz CT molecular complexity index is 273. The zero-order chi connectivity index (χ0) is 12.2. The van der Waals surface area contributed by atoms with Crippen LogP contribution in [0.4, 0.5) is 0 Å². The van der Waals surface area contributed by atoms with Crippen LogP contribution in [0.3, 0.4) is 0 Å². The van der Waals surface area contributed by atoms with Crippen LogP contribution in [0.25, 0.3) is 0 Å². The summed E-state index contributed by atoms with van der Waals surface area (Å²) in [6, 6.07) is 0. The molecule has 1 fully saturated rings. The van der Waals surface area contributed by atoms with E-state index < -0.39 is 17.3 Å². The maximum Gasteiger partial charge on any atom is 0.318 e. The first-order valence-electron chi connectivity index (χ1n) is 5.58. The molecule has 0 aromatic carbocycles. The number of carboxylic acid groups (broad SMARTS) is 1. The summed E-state index contributed by atoms with van der Waals surface area (Å²) in [6.45, 7) is 2.21. The van der Waals surface area contributed by atoms with Crippen molar-refractivity contribution in [3.05, 3.63) is 0 Å². The normalized spacial score (nSPS) is 23.8. The largest absolute Gasteiger partial charge is 0.480 e. The van der Waals surface area contributed by atoms with Gasteiger partial charge in [0.15, 0.2) is 0 Å². The van der Waals surface area contributed by atoms with E-state index in [2.05, 4.69) is 5.32 Å². The molecular formula is C11H19NO4. The summed E-state index contributed by atoms with van der Waals surface area (Å²) in [6.07, 6.45) is 3.03. The van der Waals surface area contributed by atoms with E-state index in [4.69, 9.17) is 9.84 Å². The van der Waals surface area contributed by atoms with Crippen LogP contribution < -0.4 is 5.32 Å². The van der Waals surface area contributed by atoms with Gasteiger partial charge in [-0.05, 0) is 32.6 Å². The molecular weight excluding hydrogens is 210 g/mol. The Labute approximate surface area is 95.2 Å². The zero-order valence-corrected chi connectivity index (χ0v) is 9.78. The van der Waals surface area contributed by atoms with Gasteiger partial charge in [0, 0.05) is 13.7 Å². The van der Waals surface area contributed by atoms with Gasteiger partial charge in [-0.1, -0.05) is 0 Å². The fourth-order valence-electron chi connectivity index (χ4n) is 1.92. The van der Waals surface area contributed by atoms with Gasteiger partial charge in [-0.2, -0.15) is 0 Å². The van der Waals surface area contributed by atoms with Crippen molar-refractivity contribution in [3.8, 4) is 0 Å². The SMILES string of the molecule is CNC(=O)C(C)(CCC1CCCO1)C(=O)O. The Morgan fingerprint density at radius 3 is 2.69 bits per heavy atom. The van der Waals surface area contributed by atoms with Gasteiger partial charge in [-0.3, -0.25) is 9.59 Å². The van der Waals surface area contributed by atoms with E-state index in [-0.39, 0.29) is 6.10 Å². The van der Waals surface area contributed by atoms with Gasteiger partial charge in [0.2, 0.25) is 5.91 Å². The second-order valence-corrected chi connectivity index (χ2v) is 4.39. The summed E-state index contributed by atoms with van der Waals surface area (Å²) < 4.78 is 5.42. The predicted octanol–water partition coefficient (Wildman–Crippen LogP) is 0.782. The smallest absolute Gasteiger partial charge is 0.318 e. The molecule has 0 aliphatic carbocycles. The van der Waals surface area contributed by atoms with E-state index in [0.29, 0.717) is 12.8 Å². The summed E-state index contributed by atoms with van der Waals surface area (Å²) in [7, 11) is 1.45. The van der Waals surface area contributed by atoms with Crippen LogP contribution >= 0.6 is 0 Å². The Morgan fingerprint density at radius 1 is 1.56 bits per heavy atom. The summed E-state index contributed by atoms with van der Waals surface area (Å²) in [5, 5.41) is 11.5. The Kier molecular flexibility index (Phi) is 4.29. The van der Waals surface area contributed by atoms with Crippen LogP contribution in [0.1, 0.15) is 32.6 Å². The number of ether oxygens (including phenoxy) is 1. The molecule has 0 bridgehead atoms. The van der Waals surface area contributed by atoms with Gasteiger partial charge in [-0.25, -0.2) is 0 Å². The number of carbonyl (C=O) groups excluding carboxylic acids is 1. The third-order valence-electron chi connectivity index (χ3n) is 3.19. The predicted molar refractivity (Wildman–Crippen MR) is 58.0 cm³/mol. The first-order valence-corrected chi connectivity index (χ1v) is 5.58. The minimum Gasteiger partial charge on any atom is -0.480 e. The van der Waals surface area contributed by atoms with Crippen molar-refractivity contribution in [2.24, 2.45) is 5.41 Å². The van der Waals surface area contributed by atoms with Crippen molar-refractivity contribution in [2.75, 3.05) is 13.7 Å². The summed E-state index contributed by atoms with van der Waals surface area (Å²) in [4.78, 5) is 22.7. The topological polar surface area (TPSA) is 75.6 Å². The van der Waals surface area contributed by atoms with Crippen molar-refractivity contribution < 1.29 is 19.4 Å². The quantitative estimate of drug-likeness (QED) is 0.683. The number of nitrogens with one attached hydrogen (secondary N) is 1. The lowest BCUT2D eigenvalue weighted by molar-refractivity contribution is -0.155. The minimum absolute atomic E-state index is 0.114. The highest BCUT2D eigenvalue weighted by atomic mass is 16.5. The third kappa shape index (κ3) is 2.72. The number of carboxylic acids is 1. The van der Waals surface area contributed by atoms with Crippen LogP contribution in [-0.4, -0.2) is 36.7 Å². The third-order valence-corrected chi connectivity index (χ3v) is 3.19. The highest BCUT2D eigenvalue weighted by Gasteiger charge is 2.41. The molecule has 0 spiro atoms. The van der Waals surface area contributed by atoms with Crippen molar-refractivity contribution in [1.29, 1.82) is 0 Å². The van der Waals surface area contributed by atoms with E-state index in [1.165, 1.54) is 14.0 Å². The van der Waals surface area contributed by atoms with Gasteiger partial charge in [0.05, 0.1) is 6.10 Å². The molecule has 0 aromatic rings. The van der Waals surface area contributed by atoms with Gasteiger partial charge in [0.25, 0.3) is 0 Å². The van der Waals surface area contributed by atoms with Crippen molar-refractivity contribution in [3.63, 3.8) is 0 Å². The second kappa shape index (κ2) is 5.30. The van der Waals surface area contributed by atoms with Gasteiger partial charge < -0.3 is 15.2 Å². The first kappa shape index (κ1) is 13.0. The molecule has 2 atom stereocenters. The molecule has 16 heavy (non-hydrogen) atoms. The molecule has 0 radical (unpaired) electrons. The lowest BCUT2D eigenvalue weighted by atomic mass is 9.83. The number of aliphatic carboxylic acids is 1. The van der Waals surface area contributed by atoms with Crippen molar-refractivity contribution in [1.82, 2.24) is 5.32 Å². The molecule has 2 N–H and O–H groups in total. The number of carbonyl (C=O) groups is 2. The molecule has 1 aliphatic heterocycles. The second-order valence-electron chi connectivity index (χ2n) is 4.39. The van der Waals surface area contributed by atoms with Crippen molar-refractivity contribution >= 4 is 11.9 Å². The van der Waals surface area contributed by atoms with Crippen LogP contribution in [0.2, 0.25) is 0 Å². The van der Waals surface area contributed by atoms with Crippen LogP contribution in [-0.2, 0) is 14.3 Å². The molecule has 0 aromatic heterocycles. The van der Waals surface area contributed by atoms with E-state index >= 15 is 0 Å². The monoisotopic (exact) mass is 229 g/mol. The summed E-state index contributed by atoms with van der Waals surface area (Å²) >= 11 is 0. The first-order chi connectivity index (χ1) is 7.50. The molecule has 5 nitrogen and oxygen atoms in total. The molecule has 0 saturated carbocycles. The van der Waals surface area contributed by atoms with E-state index in [0.717, 1.165) is 19.4 Å². The highest BCUT2D eigenvalue weighted by molar-refractivity contribution is 6.01. The molecule has 1 saturated heterocycles. The van der Waals surface area contributed by atoms with E-state index in [1.54, 1.807) is 0 Å². The lowest BCUT2D eigenvalue weighted by Gasteiger charge is -2.23. The number of hydrogen-bond acceptors (Lipinski definition) is 3. The Hall–Kier alpha value is -1.10. The fraction of sp³-hybridized carbons (Fsp3) is 0.818. The molecule has 1 heterocycles. The average molecular weight is 229 g/mol. The standard InChI is InChI=1S/C11H19NO4/c1-11(10(14)15,9(13)12-2)6-5-8-4-3-7-16-8/h8H,3-7H2,1-2H3,(H,12,13)(H,14,15). The van der Waals surface area contributed by atoms with E-state index in [9.17, 15) is 9.59 Å². The maximum absolute atomic E-state index is 11.5. The van der Waals surface area contributed by atoms with Gasteiger partial charge >= 0.3 is 5.97 Å². The Balaban J connectivity index is 2.56. The zero-order valence-electron chi connectivity index (χ0n) is 9.78. The number of rotatable bonds is 5. The fourth-order valence-corrected chi connectivity index (χ4v) is 1.92. The lowest BCUT2D eigenvalue weighted by Crippen LogP contribution is -2.43. The van der Waals surface area contributed by atoms with Crippen LogP contribution in [0, 0.1) is 5.41 Å². The van der Waals surface area contributed by atoms with Crippen LogP contribution in [0.5, 0.6) is 0 Å². The highest BCUT2D eigenvalue weighted by Crippen LogP contribution is 2.28. The number of hydrogen-bond donors (Lipinski definition) is 2. The summed E-state index contributed by atoms with van der Waals surface area (Å²) in [5.41, 5.74) is -1.35. The van der Waals surface area contributed by atoms with Gasteiger partial charge in [0.1, 0.15) is 5.41 Å². The average Bonchev–Trinajstić information content (AvgIpc) is 2.77.